The first-order chi connectivity index (χ1) is 14.7. The van der Waals surface area contributed by atoms with Gasteiger partial charge in [0.1, 0.15) is 5.69 Å². The lowest BCUT2D eigenvalue weighted by Crippen LogP contribution is -2.40. The standard InChI is InChI=1S/C21H18F3N5O2.CH4/c22-21(23,24)15-9-13(6-5-12(15)11-25)28-17-3-1-2-4-18(17)29(20(28)31)14-7-8-27-16(10-14)19(26)30;/h5-10,17-18H,1-4H2,(H2,26,30);1H4/t17-,18-;/m0./s1. The second-order valence-electron chi connectivity index (χ2n) is 7.54. The minimum atomic E-state index is -4.73. The molecule has 2 heterocycles. The fourth-order valence-corrected chi connectivity index (χ4v) is 4.42. The first-order valence-electron chi connectivity index (χ1n) is 9.72. The maximum absolute atomic E-state index is 13.5. The highest BCUT2D eigenvalue weighted by atomic mass is 19.4. The van der Waals surface area contributed by atoms with Crippen molar-refractivity contribution in [3.8, 4) is 6.07 Å². The predicted octanol–water partition coefficient (Wildman–Crippen LogP) is 4.46. The van der Waals surface area contributed by atoms with Crippen LogP contribution < -0.4 is 15.5 Å². The first-order valence-corrected chi connectivity index (χ1v) is 9.72. The molecule has 2 N–H and O–H groups in total. The van der Waals surface area contributed by atoms with Gasteiger partial charge in [0.05, 0.1) is 29.3 Å². The Morgan fingerprint density at radius 2 is 1.69 bits per heavy atom. The number of hydrogen-bond acceptors (Lipinski definition) is 4. The predicted molar refractivity (Wildman–Crippen MR) is 112 cm³/mol. The van der Waals surface area contributed by atoms with Crippen LogP contribution in [0, 0.1) is 11.3 Å². The number of hydrogen-bond donors (Lipinski definition) is 1. The number of fused-ring (bicyclic) bond motifs is 1. The largest absolute Gasteiger partial charge is 0.417 e. The molecular formula is C22H22F3N5O2. The third-order valence-electron chi connectivity index (χ3n) is 5.75. The number of primary amides is 1. The number of carbonyl (C=O) groups excluding carboxylic acids is 2. The van der Waals surface area contributed by atoms with Gasteiger partial charge in [-0.3, -0.25) is 19.6 Å². The summed E-state index contributed by atoms with van der Waals surface area (Å²) in [6.45, 7) is 0. The van der Waals surface area contributed by atoms with E-state index in [1.54, 1.807) is 12.1 Å². The van der Waals surface area contributed by atoms with Crippen LogP contribution in [0.15, 0.2) is 36.5 Å². The number of benzene rings is 1. The van der Waals surface area contributed by atoms with Gasteiger partial charge in [-0.25, -0.2) is 4.79 Å². The number of aromatic nitrogens is 1. The number of alkyl halides is 3. The quantitative estimate of drug-likeness (QED) is 0.753. The monoisotopic (exact) mass is 445 g/mol. The summed E-state index contributed by atoms with van der Waals surface area (Å²) in [4.78, 5) is 31.7. The third kappa shape index (κ3) is 3.86. The number of amides is 3. The Hall–Kier alpha value is -3.61. The molecule has 0 spiro atoms. The van der Waals surface area contributed by atoms with Crippen LogP contribution in [0.25, 0.3) is 0 Å². The Balaban J connectivity index is 0.00000289. The second kappa shape index (κ2) is 8.49. The van der Waals surface area contributed by atoms with Crippen molar-refractivity contribution < 1.29 is 22.8 Å². The fraction of sp³-hybridized carbons (Fsp3) is 0.364. The van der Waals surface area contributed by atoms with Crippen molar-refractivity contribution in [2.45, 2.75) is 51.4 Å². The molecule has 1 aromatic carbocycles. The van der Waals surface area contributed by atoms with E-state index in [1.807, 2.05) is 0 Å². The summed E-state index contributed by atoms with van der Waals surface area (Å²) < 4.78 is 40.4. The van der Waals surface area contributed by atoms with Gasteiger partial charge in [0.2, 0.25) is 0 Å². The summed E-state index contributed by atoms with van der Waals surface area (Å²) in [7, 11) is 0. The van der Waals surface area contributed by atoms with E-state index >= 15 is 0 Å². The van der Waals surface area contributed by atoms with Crippen molar-refractivity contribution in [1.29, 1.82) is 5.26 Å². The molecular weight excluding hydrogens is 423 g/mol. The lowest BCUT2D eigenvalue weighted by Gasteiger charge is -2.32. The molecule has 4 rings (SSSR count). The van der Waals surface area contributed by atoms with E-state index in [1.165, 1.54) is 28.1 Å². The van der Waals surface area contributed by atoms with E-state index in [0.717, 1.165) is 25.0 Å². The summed E-state index contributed by atoms with van der Waals surface area (Å²) in [5.74, 6) is -0.743. The number of anilines is 2. The molecule has 0 radical (unpaired) electrons. The van der Waals surface area contributed by atoms with Gasteiger partial charge in [0.15, 0.2) is 0 Å². The molecule has 7 nitrogen and oxygen atoms in total. The first kappa shape index (κ1) is 23.1. The van der Waals surface area contributed by atoms with Gasteiger partial charge in [-0.1, -0.05) is 20.3 Å². The van der Waals surface area contributed by atoms with Crippen LogP contribution in [0.1, 0.15) is 54.7 Å². The summed E-state index contributed by atoms with van der Waals surface area (Å²) in [6, 6.07) is 6.75. The molecule has 32 heavy (non-hydrogen) atoms. The minimum Gasteiger partial charge on any atom is -0.364 e. The molecule has 3 amide bonds. The summed E-state index contributed by atoms with van der Waals surface area (Å²) in [6.07, 6.45) is -0.354. The number of nitrogens with two attached hydrogens (primary N) is 1. The second-order valence-corrected chi connectivity index (χ2v) is 7.54. The van der Waals surface area contributed by atoms with Crippen LogP contribution >= 0.6 is 0 Å². The number of nitrogens with zero attached hydrogens (tertiary/aromatic N) is 4. The van der Waals surface area contributed by atoms with Gasteiger partial charge in [-0.15, -0.1) is 0 Å². The Morgan fingerprint density at radius 1 is 1.09 bits per heavy atom. The molecule has 1 saturated heterocycles. The van der Waals surface area contributed by atoms with Crippen molar-refractivity contribution in [3.63, 3.8) is 0 Å². The minimum absolute atomic E-state index is 0. The molecule has 2 fully saturated rings. The van der Waals surface area contributed by atoms with E-state index in [2.05, 4.69) is 4.98 Å². The highest BCUT2D eigenvalue weighted by Crippen LogP contribution is 2.42. The van der Waals surface area contributed by atoms with E-state index in [-0.39, 0.29) is 30.9 Å². The van der Waals surface area contributed by atoms with Crippen LogP contribution in [0.5, 0.6) is 0 Å². The van der Waals surface area contributed by atoms with E-state index in [0.29, 0.717) is 18.5 Å². The summed E-state index contributed by atoms with van der Waals surface area (Å²) >= 11 is 0. The lowest BCUT2D eigenvalue weighted by molar-refractivity contribution is -0.137. The van der Waals surface area contributed by atoms with Gasteiger partial charge in [-0.05, 0) is 43.2 Å². The number of urea groups is 1. The molecule has 168 valence electrons. The number of pyridine rings is 1. The van der Waals surface area contributed by atoms with Gasteiger partial charge < -0.3 is 5.73 Å². The zero-order chi connectivity index (χ0) is 22.3. The van der Waals surface area contributed by atoms with Gasteiger partial charge in [0.25, 0.3) is 5.91 Å². The number of nitriles is 1. The molecule has 2 atom stereocenters. The highest BCUT2D eigenvalue weighted by molar-refractivity contribution is 6.08. The number of halogens is 3. The Bertz CT molecular complexity index is 1100. The number of carbonyl (C=O) groups is 2. The molecule has 1 aliphatic carbocycles. The van der Waals surface area contributed by atoms with Gasteiger partial charge in [-0.2, -0.15) is 18.4 Å². The third-order valence-corrected chi connectivity index (χ3v) is 5.75. The van der Waals surface area contributed by atoms with Crippen LogP contribution in [-0.2, 0) is 6.18 Å². The molecule has 1 saturated carbocycles. The normalized spacial score (nSPS) is 20.4. The maximum Gasteiger partial charge on any atom is 0.417 e. The number of rotatable bonds is 3. The van der Waals surface area contributed by atoms with E-state index in [4.69, 9.17) is 11.0 Å². The molecule has 1 aliphatic heterocycles. The van der Waals surface area contributed by atoms with Crippen LogP contribution in [0.2, 0.25) is 0 Å². The summed E-state index contributed by atoms with van der Waals surface area (Å²) in [5, 5.41) is 9.06. The Labute approximate surface area is 183 Å². The van der Waals surface area contributed by atoms with Crippen LogP contribution in [0.4, 0.5) is 29.3 Å². The molecule has 0 bridgehead atoms. The zero-order valence-corrected chi connectivity index (χ0v) is 16.3. The fourth-order valence-electron chi connectivity index (χ4n) is 4.42. The van der Waals surface area contributed by atoms with Crippen LogP contribution in [0.3, 0.4) is 0 Å². The van der Waals surface area contributed by atoms with Crippen molar-refractivity contribution >= 4 is 23.3 Å². The van der Waals surface area contributed by atoms with E-state index in [9.17, 15) is 22.8 Å². The topological polar surface area (TPSA) is 103 Å². The molecule has 0 unspecified atom stereocenters. The molecule has 2 aromatic rings. The Kier molecular flexibility index (Phi) is 6.12. The zero-order valence-electron chi connectivity index (χ0n) is 16.3. The average molecular weight is 445 g/mol. The van der Waals surface area contributed by atoms with Crippen LogP contribution in [-0.4, -0.2) is 29.0 Å². The molecule has 10 heteroatoms. The van der Waals surface area contributed by atoms with Gasteiger partial charge in [0, 0.05) is 17.6 Å². The summed E-state index contributed by atoms with van der Waals surface area (Å²) in [5.41, 5.74) is 4.22. The van der Waals surface area contributed by atoms with Crippen molar-refractivity contribution in [2.24, 2.45) is 5.73 Å². The Morgan fingerprint density at radius 3 is 2.22 bits per heavy atom. The van der Waals surface area contributed by atoms with Crippen molar-refractivity contribution in [3.05, 3.63) is 53.3 Å². The average Bonchev–Trinajstić information content (AvgIpc) is 3.04. The molecule has 1 aromatic heterocycles. The maximum atomic E-state index is 13.5. The smallest absolute Gasteiger partial charge is 0.364 e. The van der Waals surface area contributed by atoms with Gasteiger partial charge >= 0.3 is 12.2 Å². The van der Waals surface area contributed by atoms with Crippen molar-refractivity contribution in [2.75, 3.05) is 9.80 Å². The molecule has 2 aliphatic rings. The SMILES string of the molecule is C.N#Cc1ccc(N2C(=O)N(c3ccnc(C(N)=O)c3)[C@H]3CCCC[C@@H]32)cc1C(F)(F)F. The van der Waals surface area contributed by atoms with Crippen molar-refractivity contribution in [1.82, 2.24) is 4.98 Å². The lowest BCUT2D eigenvalue weighted by atomic mass is 9.89. The van der Waals surface area contributed by atoms with E-state index < -0.39 is 29.2 Å². The highest BCUT2D eigenvalue weighted by Gasteiger charge is 2.48.